The van der Waals surface area contributed by atoms with Gasteiger partial charge in [-0.2, -0.15) is 0 Å². The lowest BCUT2D eigenvalue weighted by Crippen LogP contribution is -2.52. The number of hydrogen-bond acceptors (Lipinski definition) is 7. The van der Waals surface area contributed by atoms with Crippen LogP contribution in [0.15, 0.2) is 9.98 Å². The van der Waals surface area contributed by atoms with Crippen LogP contribution < -0.4 is 44.6 Å². The van der Waals surface area contributed by atoms with E-state index < -0.39 is 29.8 Å². The van der Waals surface area contributed by atoms with Crippen LogP contribution in [0.5, 0.6) is 0 Å². The SMILES string of the molecule is NCC(=O)NCC(=O)N[C@@H](CCCN=C(N)N)C(=O)N[C@H](C=O)CCCN=C(N)N. The summed E-state index contributed by atoms with van der Waals surface area (Å²) in [5.74, 6) is -1.81. The minimum Gasteiger partial charge on any atom is -0.370 e. The summed E-state index contributed by atoms with van der Waals surface area (Å²) in [5, 5.41) is 7.37. The highest BCUT2D eigenvalue weighted by Gasteiger charge is 2.23. The largest absolute Gasteiger partial charge is 0.370 e. The van der Waals surface area contributed by atoms with Gasteiger partial charge in [0.2, 0.25) is 17.7 Å². The molecule has 30 heavy (non-hydrogen) atoms. The molecule has 0 aromatic heterocycles. The average molecular weight is 428 g/mol. The predicted octanol–water partition coefficient (Wildman–Crippen LogP) is -4.66. The van der Waals surface area contributed by atoms with E-state index in [1.165, 1.54) is 0 Å². The van der Waals surface area contributed by atoms with Gasteiger partial charge in [0.1, 0.15) is 12.3 Å². The average Bonchev–Trinajstić information content (AvgIpc) is 2.69. The van der Waals surface area contributed by atoms with Crippen molar-refractivity contribution in [3.8, 4) is 0 Å². The molecule has 0 aromatic rings. The summed E-state index contributed by atoms with van der Waals surface area (Å²) >= 11 is 0. The number of nitrogens with two attached hydrogens (primary N) is 5. The fourth-order valence-electron chi connectivity index (χ4n) is 2.25. The fourth-order valence-corrected chi connectivity index (χ4v) is 2.25. The number of guanidine groups is 2. The maximum Gasteiger partial charge on any atom is 0.243 e. The van der Waals surface area contributed by atoms with Crippen LogP contribution in [0.25, 0.3) is 0 Å². The lowest BCUT2D eigenvalue weighted by Gasteiger charge is -2.21. The van der Waals surface area contributed by atoms with Gasteiger partial charge in [-0.15, -0.1) is 0 Å². The molecular weight excluding hydrogens is 396 g/mol. The molecule has 2 atom stereocenters. The van der Waals surface area contributed by atoms with Crippen LogP contribution in [0.4, 0.5) is 0 Å². The van der Waals surface area contributed by atoms with E-state index in [0.717, 1.165) is 0 Å². The van der Waals surface area contributed by atoms with Gasteiger partial charge in [-0.25, -0.2) is 0 Å². The molecule has 0 fully saturated rings. The first-order chi connectivity index (χ1) is 14.2. The summed E-state index contributed by atoms with van der Waals surface area (Å²) < 4.78 is 0. The molecule has 0 saturated heterocycles. The van der Waals surface area contributed by atoms with Gasteiger partial charge in [0.05, 0.1) is 19.1 Å². The quantitative estimate of drug-likeness (QED) is 0.0538. The maximum atomic E-state index is 12.6. The van der Waals surface area contributed by atoms with Gasteiger partial charge in [-0.1, -0.05) is 0 Å². The Morgan fingerprint density at radius 3 is 1.93 bits per heavy atom. The lowest BCUT2D eigenvalue weighted by molar-refractivity contribution is -0.130. The second kappa shape index (κ2) is 15.5. The van der Waals surface area contributed by atoms with Gasteiger partial charge in [-0.05, 0) is 25.7 Å². The van der Waals surface area contributed by atoms with Gasteiger partial charge in [0, 0.05) is 13.1 Å². The second-order valence-electron chi connectivity index (χ2n) is 6.25. The Hall–Kier alpha value is -3.42. The monoisotopic (exact) mass is 428 g/mol. The molecule has 14 heteroatoms. The Morgan fingerprint density at radius 2 is 1.43 bits per heavy atom. The number of rotatable bonds is 15. The molecule has 0 aliphatic rings. The van der Waals surface area contributed by atoms with Crippen molar-refractivity contribution >= 4 is 35.9 Å². The highest BCUT2D eigenvalue weighted by molar-refractivity contribution is 5.91. The number of amides is 3. The molecular formula is C16H32N10O4. The molecule has 0 radical (unpaired) electrons. The van der Waals surface area contributed by atoms with Gasteiger partial charge in [0.25, 0.3) is 0 Å². The van der Waals surface area contributed by atoms with E-state index in [1.807, 2.05) is 0 Å². The van der Waals surface area contributed by atoms with Gasteiger partial charge in [0.15, 0.2) is 11.9 Å². The van der Waals surface area contributed by atoms with Crippen LogP contribution in [-0.4, -0.2) is 74.2 Å². The summed E-state index contributed by atoms with van der Waals surface area (Å²) in [7, 11) is 0. The molecule has 0 aliphatic carbocycles. The highest BCUT2D eigenvalue weighted by Crippen LogP contribution is 2.02. The van der Waals surface area contributed by atoms with Crippen molar-refractivity contribution in [1.82, 2.24) is 16.0 Å². The molecule has 0 rings (SSSR count). The number of nitrogens with zero attached hydrogens (tertiary/aromatic N) is 2. The summed E-state index contributed by atoms with van der Waals surface area (Å²) in [6, 6.07) is -1.73. The van der Waals surface area contributed by atoms with Crippen LogP contribution >= 0.6 is 0 Å². The zero-order valence-corrected chi connectivity index (χ0v) is 16.8. The van der Waals surface area contributed by atoms with E-state index in [-0.39, 0.29) is 38.0 Å². The lowest BCUT2D eigenvalue weighted by atomic mass is 10.1. The van der Waals surface area contributed by atoms with E-state index in [9.17, 15) is 19.2 Å². The third kappa shape index (κ3) is 13.7. The Labute approximate surface area is 174 Å². The van der Waals surface area contributed by atoms with Crippen molar-refractivity contribution in [3.05, 3.63) is 0 Å². The normalized spacial score (nSPS) is 12.0. The molecule has 3 amide bonds. The van der Waals surface area contributed by atoms with Gasteiger partial charge < -0.3 is 49.4 Å². The number of nitrogens with one attached hydrogen (secondary N) is 3. The first-order valence-electron chi connectivity index (χ1n) is 9.32. The molecule has 0 spiro atoms. The zero-order valence-electron chi connectivity index (χ0n) is 16.8. The van der Waals surface area contributed by atoms with Crippen LogP contribution in [-0.2, 0) is 19.2 Å². The Morgan fingerprint density at radius 1 is 0.867 bits per heavy atom. The molecule has 14 nitrogen and oxygen atoms in total. The van der Waals surface area contributed by atoms with Crippen molar-refractivity contribution < 1.29 is 19.2 Å². The number of aliphatic imine (C=N–C) groups is 2. The molecule has 13 N–H and O–H groups in total. The van der Waals surface area contributed by atoms with Crippen molar-refractivity contribution in [1.29, 1.82) is 0 Å². The molecule has 0 bridgehead atoms. The van der Waals surface area contributed by atoms with Crippen LogP contribution in [0.2, 0.25) is 0 Å². The zero-order chi connectivity index (χ0) is 22.9. The van der Waals surface area contributed by atoms with Crippen LogP contribution in [0.1, 0.15) is 25.7 Å². The van der Waals surface area contributed by atoms with E-state index >= 15 is 0 Å². The topological polar surface area (TPSA) is 259 Å². The molecule has 0 heterocycles. The first-order valence-corrected chi connectivity index (χ1v) is 9.32. The van der Waals surface area contributed by atoms with E-state index in [2.05, 4.69) is 25.9 Å². The Bertz CT molecular complexity index is 630. The summed E-state index contributed by atoms with van der Waals surface area (Å²) in [5.41, 5.74) is 26.1. The molecule has 0 aliphatic heterocycles. The van der Waals surface area contributed by atoms with Crippen molar-refractivity contribution in [2.75, 3.05) is 26.2 Å². The van der Waals surface area contributed by atoms with Crippen LogP contribution in [0.3, 0.4) is 0 Å². The summed E-state index contributed by atoms with van der Waals surface area (Å²) in [6.07, 6.45) is 1.97. The Balaban J connectivity index is 4.85. The fraction of sp³-hybridized carbons (Fsp3) is 0.625. The smallest absolute Gasteiger partial charge is 0.243 e. The Kier molecular flexibility index (Phi) is 13.7. The van der Waals surface area contributed by atoms with Gasteiger partial charge >= 0.3 is 0 Å². The number of aldehydes is 1. The standard InChI is InChI=1S/C16H32N10O4/c17-7-12(28)24-8-13(29)26-11(4-2-6-23-16(20)21)14(30)25-10(9-27)3-1-5-22-15(18)19/h9-11H,1-8,17H2,(H,24,28)(H,25,30)(H,26,29)(H4,18,19,22)(H4,20,21,23)/t10-,11-/m0/s1. The minimum absolute atomic E-state index is 0.0630. The van der Waals surface area contributed by atoms with Crippen molar-refractivity contribution in [3.63, 3.8) is 0 Å². The maximum absolute atomic E-state index is 12.6. The van der Waals surface area contributed by atoms with Crippen molar-refractivity contribution in [2.24, 2.45) is 38.7 Å². The number of carbonyl (C=O) groups excluding carboxylic acids is 4. The third-order valence-corrected chi connectivity index (χ3v) is 3.69. The van der Waals surface area contributed by atoms with Crippen molar-refractivity contribution in [2.45, 2.75) is 37.8 Å². The predicted molar refractivity (Wildman–Crippen MR) is 112 cm³/mol. The molecule has 0 saturated carbocycles. The minimum atomic E-state index is -0.957. The first kappa shape index (κ1) is 26.6. The highest BCUT2D eigenvalue weighted by atomic mass is 16.2. The molecule has 0 aromatic carbocycles. The summed E-state index contributed by atoms with van der Waals surface area (Å²) in [4.78, 5) is 54.6. The number of hydrogen-bond donors (Lipinski definition) is 8. The number of carbonyl (C=O) groups is 4. The third-order valence-electron chi connectivity index (χ3n) is 3.69. The van der Waals surface area contributed by atoms with Crippen LogP contribution in [0, 0.1) is 0 Å². The second-order valence-corrected chi connectivity index (χ2v) is 6.25. The molecule has 0 unspecified atom stereocenters. The van der Waals surface area contributed by atoms with E-state index in [0.29, 0.717) is 32.1 Å². The molecule has 170 valence electrons. The summed E-state index contributed by atoms with van der Waals surface area (Å²) in [6.45, 7) is -0.0521. The van der Waals surface area contributed by atoms with Gasteiger partial charge in [-0.3, -0.25) is 24.4 Å². The van der Waals surface area contributed by atoms with E-state index in [4.69, 9.17) is 28.7 Å². The van der Waals surface area contributed by atoms with E-state index in [1.54, 1.807) is 0 Å².